The van der Waals surface area contributed by atoms with Crippen molar-refractivity contribution in [3.8, 4) is 5.75 Å². The van der Waals surface area contributed by atoms with Crippen LogP contribution in [-0.4, -0.2) is 46.9 Å². The third-order valence-corrected chi connectivity index (χ3v) is 8.23. The number of hydrogen-bond donors (Lipinski definition) is 0. The van der Waals surface area contributed by atoms with Gasteiger partial charge in [-0.1, -0.05) is 29.3 Å². The van der Waals surface area contributed by atoms with Gasteiger partial charge in [-0.3, -0.25) is 14.4 Å². The Bertz CT molecular complexity index is 1350. The lowest BCUT2D eigenvalue weighted by molar-refractivity contribution is -0.149. The van der Waals surface area contributed by atoms with Crippen molar-refractivity contribution in [3.63, 3.8) is 0 Å². The van der Waals surface area contributed by atoms with Crippen LogP contribution in [0.15, 0.2) is 42.0 Å². The predicted octanol–water partition coefficient (Wildman–Crippen LogP) is 6.84. The predicted molar refractivity (Wildman–Crippen MR) is 153 cm³/mol. The lowest BCUT2D eigenvalue weighted by Crippen LogP contribution is -2.38. The summed E-state index contributed by atoms with van der Waals surface area (Å²) in [6.45, 7) is 12.2. The second-order valence-electron chi connectivity index (χ2n) is 10.8. The molecule has 202 valence electrons. The highest BCUT2D eigenvalue weighted by molar-refractivity contribution is 6.34. The van der Waals surface area contributed by atoms with E-state index in [9.17, 15) is 4.79 Å². The van der Waals surface area contributed by atoms with Crippen LogP contribution >= 0.6 is 11.6 Å². The smallest absolute Gasteiger partial charge is 0.309 e. The summed E-state index contributed by atoms with van der Waals surface area (Å²) in [5.41, 5.74) is 7.69. The molecule has 2 heterocycles. The van der Waals surface area contributed by atoms with Gasteiger partial charge in [-0.05, 0) is 113 Å². The zero-order valence-corrected chi connectivity index (χ0v) is 23.7. The van der Waals surface area contributed by atoms with Crippen molar-refractivity contribution in [2.75, 3.05) is 26.2 Å². The Hall–Kier alpha value is -2.83. The van der Waals surface area contributed by atoms with Crippen molar-refractivity contribution >= 4 is 34.0 Å². The molecule has 0 atom stereocenters. The standard InChI is InChI=1S/C31H38ClN3O3/c1-5-37-31(36)23-12-14-34(15-13-23)18-25-8-7-24-17-26(9-10-27(24)21(25)4)38-19-22-6-11-29-28(16-22)30(32)33-35(29)20(2)3/h6,9-11,16-17,20,23H,5,7-8,12-15,18-19H2,1-4H3. The molecule has 2 aromatic carbocycles. The van der Waals surface area contributed by atoms with Gasteiger partial charge in [0.2, 0.25) is 0 Å². The van der Waals surface area contributed by atoms with Gasteiger partial charge >= 0.3 is 5.97 Å². The van der Waals surface area contributed by atoms with Gasteiger partial charge in [-0.2, -0.15) is 5.10 Å². The summed E-state index contributed by atoms with van der Waals surface area (Å²) in [6.07, 6.45) is 3.87. The fraction of sp³-hybridized carbons (Fsp3) is 0.484. The van der Waals surface area contributed by atoms with Gasteiger partial charge in [-0.15, -0.1) is 0 Å². The Morgan fingerprint density at radius 1 is 1.13 bits per heavy atom. The maximum absolute atomic E-state index is 12.1. The van der Waals surface area contributed by atoms with Crippen LogP contribution in [0.25, 0.3) is 16.5 Å². The van der Waals surface area contributed by atoms with Crippen molar-refractivity contribution in [1.82, 2.24) is 14.7 Å². The molecule has 0 bridgehead atoms. The van der Waals surface area contributed by atoms with Crippen molar-refractivity contribution in [3.05, 3.63) is 63.8 Å². The normalized spacial score (nSPS) is 16.8. The molecule has 1 aliphatic heterocycles. The molecule has 1 aliphatic carbocycles. The molecule has 0 unspecified atom stereocenters. The molecule has 7 heteroatoms. The fourth-order valence-corrected chi connectivity index (χ4v) is 5.98. The number of benzene rings is 2. The molecule has 1 aromatic heterocycles. The van der Waals surface area contributed by atoms with E-state index >= 15 is 0 Å². The Labute approximate surface area is 230 Å². The summed E-state index contributed by atoms with van der Waals surface area (Å²) in [6, 6.07) is 13.0. The van der Waals surface area contributed by atoms with Gasteiger partial charge in [-0.25, -0.2) is 0 Å². The minimum Gasteiger partial charge on any atom is -0.489 e. The molecule has 2 aliphatic rings. The van der Waals surface area contributed by atoms with E-state index in [4.69, 9.17) is 21.1 Å². The molecule has 1 fully saturated rings. The number of halogens is 1. The summed E-state index contributed by atoms with van der Waals surface area (Å²) < 4.78 is 13.4. The highest BCUT2D eigenvalue weighted by atomic mass is 35.5. The van der Waals surface area contributed by atoms with E-state index in [2.05, 4.69) is 67.2 Å². The molecule has 1 saturated heterocycles. The summed E-state index contributed by atoms with van der Waals surface area (Å²) >= 11 is 6.41. The molecular formula is C31H38ClN3O3. The maximum Gasteiger partial charge on any atom is 0.309 e. The number of aryl methyl sites for hydroxylation is 1. The quantitative estimate of drug-likeness (QED) is 0.295. The molecule has 38 heavy (non-hydrogen) atoms. The average molecular weight is 536 g/mol. The van der Waals surface area contributed by atoms with Gasteiger partial charge < -0.3 is 9.47 Å². The van der Waals surface area contributed by atoms with Gasteiger partial charge in [0.1, 0.15) is 12.4 Å². The third-order valence-electron chi connectivity index (χ3n) is 7.95. The zero-order chi connectivity index (χ0) is 26.8. The first-order chi connectivity index (χ1) is 18.3. The van der Waals surface area contributed by atoms with Crippen LogP contribution in [-0.2, 0) is 22.6 Å². The number of fused-ring (bicyclic) bond motifs is 2. The first-order valence-corrected chi connectivity index (χ1v) is 14.2. The number of likely N-dealkylation sites (tertiary alicyclic amines) is 1. The van der Waals surface area contributed by atoms with E-state index in [0.717, 1.165) is 67.5 Å². The van der Waals surface area contributed by atoms with E-state index in [1.54, 1.807) is 0 Å². The Kier molecular flexibility index (Phi) is 8.10. The van der Waals surface area contributed by atoms with Gasteiger partial charge in [0.25, 0.3) is 0 Å². The monoisotopic (exact) mass is 535 g/mol. The van der Waals surface area contributed by atoms with Crippen molar-refractivity contribution in [1.29, 1.82) is 0 Å². The van der Waals surface area contributed by atoms with E-state index in [1.165, 1.54) is 22.3 Å². The number of aromatic nitrogens is 2. The van der Waals surface area contributed by atoms with Gasteiger partial charge in [0, 0.05) is 18.0 Å². The molecule has 0 spiro atoms. The van der Waals surface area contributed by atoms with E-state index < -0.39 is 0 Å². The van der Waals surface area contributed by atoms with Gasteiger partial charge in [0.15, 0.2) is 5.15 Å². The topological polar surface area (TPSA) is 56.6 Å². The number of rotatable bonds is 8. The molecule has 6 nitrogen and oxygen atoms in total. The summed E-state index contributed by atoms with van der Waals surface area (Å²) in [7, 11) is 0. The number of esters is 1. The van der Waals surface area contributed by atoms with Crippen molar-refractivity contribution in [2.45, 2.75) is 66.0 Å². The first kappa shape index (κ1) is 26.8. The molecule has 0 saturated carbocycles. The number of ether oxygens (including phenoxy) is 2. The summed E-state index contributed by atoms with van der Waals surface area (Å²) in [4.78, 5) is 14.5. The molecular weight excluding hydrogens is 498 g/mol. The van der Waals surface area contributed by atoms with E-state index in [0.29, 0.717) is 18.4 Å². The molecule has 0 N–H and O–H groups in total. The molecule has 0 amide bonds. The number of carbonyl (C=O) groups is 1. The number of hydrogen-bond acceptors (Lipinski definition) is 5. The lowest BCUT2D eigenvalue weighted by atomic mass is 9.85. The van der Waals surface area contributed by atoms with Crippen LogP contribution in [0.5, 0.6) is 5.75 Å². The number of nitrogens with zero attached hydrogens (tertiary/aromatic N) is 3. The second kappa shape index (κ2) is 11.5. The summed E-state index contributed by atoms with van der Waals surface area (Å²) in [5, 5.41) is 5.98. The fourth-order valence-electron chi connectivity index (χ4n) is 5.75. The average Bonchev–Trinajstić information content (AvgIpc) is 3.25. The van der Waals surface area contributed by atoms with Crippen LogP contribution < -0.4 is 4.74 Å². The Balaban J connectivity index is 1.21. The van der Waals surface area contributed by atoms with Crippen LogP contribution in [0.3, 0.4) is 0 Å². The van der Waals surface area contributed by atoms with E-state index in [-0.39, 0.29) is 17.9 Å². The molecule has 3 aromatic rings. The third kappa shape index (κ3) is 5.62. The van der Waals surface area contributed by atoms with Crippen LogP contribution in [0.1, 0.15) is 69.7 Å². The minimum absolute atomic E-state index is 0.0289. The van der Waals surface area contributed by atoms with Crippen LogP contribution in [0.2, 0.25) is 5.15 Å². The van der Waals surface area contributed by atoms with E-state index in [1.807, 2.05) is 11.6 Å². The Morgan fingerprint density at radius 2 is 1.92 bits per heavy atom. The zero-order valence-electron chi connectivity index (χ0n) is 22.9. The van der Waals surface area contributed by atoms with Crippen LogP contribution in [0, 0.1) is 5.92 Å². The summed E-state index contributed by atoms with van der Waals surface area (Å²) in [5.74, 6) is 0.923. The van der Waals surface area contributed by atoms with Crippen molar-refractivity contribution < 1.29 is 14.3 Å². The van der Waals surface area contributed by atoms with Crippen LogP contribution in [0.4, 0.5) is 0 Å². The number of carbonyl (C=O) groups excluding carboxylic acids is 1. The van der Waals surface area contributed by atoms with Crippen molar-refractivity contribution in [2.24, 2.45) is 5.92 Å². The minimum atomic E-state index is -0.0289. The number of piperidine rings is 1. The molecule has 5 rings (SSSR count). The highest BCUT2D eigenvalue weighted by Crippen LogP contribution is 2.35. The largest absolute Gasteiger partial charge is 0.489 e. The number of allylic oxidation sites excluding steroid dienone is 1. The Morgan fingerprint density at radius 3 is 2.66 bits per heavy atom. The second-order valence-corrected chi connectivity index (χ2v) is 11.2. The first-order valence-electron chi connectivity index (χ1n) is 13.8. The molecule has 0 radical (unpaired) electrons. The highest BCUT2D eigenvalue weighted by Gasteiger charge is 2.27. The van der Waals surface area contributed by atoms with Gasteiger partial charge in [0.05, 0.1) is 18.0 Å². The lowest BCUT2D eigenvalue weighted by Gasteiger charge is -2.33. The SMILES string of the molecule is CCOC(=O)C1CCN(CC2=C(C)c3ccc(OCc4ccc5c(c4)c(Cl)nn5C(C)C)cc3CC2)CC1. The maximum atomic E-state index is 12.1.